The molecule has 25 heavy (non-hydrogen) atoms. The second-order valence-corrected chi connectivity index (χ2v) is 7.27. The molecule has 3 aromatic rings. The van der Waals surface area contributed by atoms with E-state index in [1.54, 1.807) is 13.8 Å². The summed E-state index contributed by atoms with van der Waals surface area (Å²) in [5.41, 5.74) is 1.83. The molecular formula is C20H22ClN3O. The summed E-state index contributed by atoms with van der Waals surface area (Å²) in [6.07, 6.45) is 0. The molecule has 0 spiro atoms. The fraction of sp³-hybridized carbons (Fsp3) is 0.300. The normalized spacial score (nSPS) is 13.0. The number of nitrogens with one attached hydrogen (secondary N) is 1. The molecule has 0 saturated heterocycles. The maximum absolute atomic E-state index is 10.3. The van der Waals surface area contributed by atoms with Crippen molar-refractivity contribution in [3.8, 4) is 0 Å². The second-order valence-electron chi connectivity index (χ2n) is 6.83. The van der Waals surface area contributed by atoms with E-state index in [1.807, 2.05) is 49.4 Å². The van der Waals surface area contributed by atoms with Crippen LogP contribution >= 0.6 is 11.6 Å². The van der Waals surface area contributed by atoms with Crippen LogP contribution in [0, 0.1) is 6.92 Å². The van der Waals surface area contributed by atoms with Gasteiger partial charge in [-0.1, -0.05) is 29.8 Å². The van der Waals surface area contributed by atoms with Gasteiger partial charge >= 0.3 is 0 Å². The van der Waals surface area contributed by atoms with Gasteiger partial charge in [-0.25, -0.2) is 9.97 Å². The van der Waals surface area contributed by atoms with Crippen LogP contribution in [0.4, 0.5) is 5.82 Å². The molecule has 0 aliphatic heterocycles. The highest BCUT2D eigenvalue weighted by atomic mass is 35.5. The number of hydrogen-bond donors (Lipinski definition) is 2. The average Bonchev–Trinajstić information content (AvgIpc) is 2.53. The summed E-state index contributed by atoms with van der Waals surface area (Å²) in [6, 6.07) is 13.6. The van der Waals surface area contributed by atoms with Gasteiger partial charge in [0.25, 0.3) is 0 Å². The summed E-state index contributed by atoms with van der Waals surface area (Å²) in [7, 11) is 0. The lowest BCUT2D eigenvalue weighted by atomic mass is 9.97. The topological polar surface area (TPSA) is 58.0 Å². The van der Waals surface area contributed by atoms with Crippen LogP contribution in [0.2, 0.25) is 5.02 Å². The van der Waals surface area contributed by atoms with Crippen LogP contribution in [0.5, 0.6) is 0 Å². The van der Waals surface area contributed by atoms with Gasteiger partial charge in [-0.3, -0.25) is 0 Å². The molecule has 0 aliphatic rings. The summed E-state index contributed by atoms with van der Waals surface area (Å²) in [5, 5.41) is 15.4. The van der Waals surface area contributed by atoms with Gasteiger partial charge in [-0.05, 0) is 63.1 Å². The van der Waals surface area contributed by atoms with Crippen molar-refractivity contribution in [3.05, 3.63) is 64.4 Å². The number of rotatable bonds is 4. The molecule has 1 heterocycles. The van der Waals surface area contributed by atoms with Gasteiger partial charge < -0.3 is 10.4 Å². The monoisotopic (exact) mass is 355 g/mol. The third kappa shape index (κ3) is 3.91. The minimum atomic E-state index is -0.922. The van der Waals surface area contributed by atoms with Crippen LogP contribution in [0.15, 0.2) is 42.5 Å². The highest BCUT2D eigenvalue weighted by Crippen LogP contribution is 2.29. The van der Waals surface area contributed by atoms with E-state index in [-0.39, 0.29) is 6.04 Å². The minimum Gasteiger partial charge on any atom is -0.386 e. The Hall–Kier alpha value is -2.17. The molecule has 5 heteroatoms. The molecule has 0 radical (unpaired) electrons. The summed E-state index contributed by atoms with van der Waals surface area (Å²) in [6.45, 7) is 7.48. The van der Waals surface area contributed by atoms with Crippen LogP contribution in [0.3, 0.4) is 0 Å². The SMILES string of the molecule is Cc1nc(N[C@H](C)c2cccc(Cl)c2)c2cc(C(C)(C)O)ccc2n1. The zero-order valence-electron chi connectivity index (χ0n) is 14.8. The van der Waals surface area contributed by atoms with Crippen LogP contribution in [-0.2, 0) is 5.60 Å². The van der Waals surface area contributed by atoms with Gasteiger partial charge in [0.2, 0.25) is 0 Å². The quantitative estimate of drug-likeness (QED) is 0.692. The Labute approximate surface area is 152 Å². The summed E-state index contributed by atoms with van der Waals surface area (Å²) >= 11 is 6.10. The minimum absolute atomic E-state index is 0.0296. The first-order chi connectivity index (χ1) is 11.7. The molecule has 2 N–H and O–H groups in total. The van der Waals surface area contributed by atoms with Crippen molar-refractivity contribution in [2.45, 2.75) is 39.3 Å². The number of hydrogen-bond acceptors (Lipinski definition) is 4. The van der Waals surface area contributed by atoms with E-state index < -0.39 is 5.60 Å². The van der Waals surface area contributed by atoms with Crippen molar-refractivity contribution in [1.82, 2.24) is 9.97 Å². The van der Waals surface area contributed by atoms with Gasteiger partial charge in [0.15, 0.2) is 0 Å². The number of aliphatic hydroxyl groups is 1. The molecule has 2 aromatic carbocycles. The number of benzene rings is 2. The summed E-state index contributed by atoms with van der Waals surface area (Å²) < 4.78 is 0. The molecule has 1 atom stereocenters. The Morgan fingerprint density at radius 1 is 1.12 bits per heavy atom. The van der Waals surface area contributed by atoms with E-state index in [2.05, 4.69) is 22.2 Å². The lowest BCUT2D eigenvalue weighted by Gasteiger charge is -2.20. The van der Waals surface area contributed by atoms with E-state index in [0.29, 0.717) is 10.8 Å². The summed E-state index contributed by atoms with van der Waals surface area (Å²) in [5.74, 6) is 1.45. The maximum atomic E-state index is 10.3. The fourth-order valence-electron chi connectivity index (χ4n) is 2.80. The predicted octanol–water partition coefficient (Wildman–Crippen LogP) is 4.99. The first-order valence-electron chi connectivity index (χ1n) is 8.27. The number of nitrogens with zero attached hydrogens (tertiary/aromatic N) is 2. The standard InChI is InChI=1S/C20H22ClN3O/c1-12(14-6-5-7-16(21)10-14)22-19-17-11-15(20(3,4)25)8-9-18(17)23-13(2)24-19/h5-12,25H,1-4H3,(H,22,23,24)/t12-/m1/s1. The predicted molar refractivity (Wildman–Crippen MR) is 103 cm³/mol. The Morgan fingerprint density at radius 3 is 2.56 bits per heavy atom. The zero-order chi connectivity index (χ0) is 18.2. The Bertz CT molecular complexity index is 918. The molecule has 0 saturated carbocycles. The van der Waals surface area contributed by atoms with Gasteiger partial charge in [-0.15, -0.1) is 0 Å². The number of aromatic nitrogens is 2. The molecule has 0 aliphatic carbocycles. The Balaban J connectivity index is 2.05. The average molecular weight is 356 g/mol. The Morgan fingerprint density at radius 2 is 1.88 bits per heavy atom. The van der Waals surface area contributed by atoms with Crippen molar-refractivity contribution in [2.75, 3.05) is 5.32 Å². The highest BCUT2D eigenvalue weighted by Gasteiger charge is 2.18. The molecular weight excluding hydrogens is 334 g/mol. The molecule has 0 amide bonds. The maximum Gasteiger partial charge on any atom is 0.138 e. The number of anilines is 1. The van der Waals surface area contributed by atoms with Gasteiger partial charge in [0.1, 0.15) is 11.6 Å². The van der Waals surface area contributed by atoms with Crippen LogP contribution in [-0.4, -0.2) is 15.1 Å². The van der Waals surface area contributed by atoms with Crippen molar-refractivity contribution in [1.29, 1.82) is 0 Å². The summed E-state index contributed by atoms with van der Waals surface area (Å²) in [4.78, 5) is 9.08. The van der Waals surface area contributed by atoms with Crippen molar-refractivity contribution < 1.29 is 5.11 Å². The van der Waals surface area contributed by atoms with Crippen LogP contribution in [0.25, 0.3) is 10.9 Å². The highest BCUT2D eigenvalue weighted by molar-refractivity contribution is 6.30. The lowest BCUT2D eigenvalue weighted by Crippen LogP contribution is -2.15. The van der Waals surface area contributed by atoms with E-state index in [1.165, 1.54) is 0 Å². The molecule has 3 rings (SSSR count). The van der Waals surface area contributed by atoms with Crippen molar-refractivity contribution in [3.63, 3.8) is 0 Å². The van der Waals surface area contributed by atoms with E-state index in [9.17, 15) is 5.11 Å². The fourth-order valence-corrected chi connectivity index (χ4v) is 3.00. The molecule has 130 valence electrons. The van der Waals surface area contributed by atoms with Crippen molar-refractivity contribution >= 4 is 28.3 Å². The zero-order valence-corrected chi connectivity index (χ0v) is 15.6. The Kier molecular flexibility index (Phi) is 4.67. The third-order valence-corrected chi connectivity index (χ3v) is 4.45. The first-order valence-corrected chi connectivity index (χ1v) is 8.65. The molecule has 0 bridgehead atoms. The smallest absolute Gasteiger partial charge is 0.138 e. The van der Waals surface area contributed by atoms with Gasteiger partial charge in [0, 0.05) is 10.4 Å². The number of fused-ring (bicyclic) bond motifs is 1. The molecule has 4 nitrogen and oxygen atoms in total. The third-order valence-electron chi connectivity index (χ3n) is 4.22. The van der Waals surface area contributed by atoms with Crippen LogP contribution in [0.1, 0.15) is 43.8 Å². The van der Waals surface area contributed by atoms with Crippen LogP contribution < -0.4 is 5.32 Å². The molecule has 1 aromatic heterocycles. The second kappa shape index (κ2) is 6.62. The van der Waals surface area contributed by atoms with E-state index in [4.69, 9.17) is 11.6 Å². The van der Waals surface area contributed by atoms with E-state index in [0.717, 1.165) is 27.8 Å². The largest absolute Gasteiger partial charge is 0.386 e. The first kappa shape index (κ1) is 17.6. The van der Waals surface area contributed by atoms with Crippen molar-refractivity contribution in [2.24, 2.45) is 0 Å². The molecule has 0 fully saturated rings. The lowest BCUT2D eigenvalue weighted by molar-refractivity contribution is 0.0787. The molecule has 0 unspecified atom stereocenters. The number of aryl methyl sites for hydroxylation is 1. The number of halogens is 1. The van der Waals surface area contributed by atoms with Gasteiger partial charge in [0.05, 0.1) is 17.2 Å². The van der Waals surface area contributed by atoms with E-state index >= 15 is 0 Å². The van der Waals surface area contributed by atoms with Gasteiger partial charge in [-0.2, -0.15) is 0 Å².